The van der Waals surface area contributed by atoms with Crippen molar-refractivity contribution >= 4 is 6.09 Å². The number of hydrogen-bond acceptors (Lipinski definition) is 2. The average Bonchev–Trinajstić information content (AvgIpc) is 2.37. The molecular formula is C17H25NO2. The summed E-state index contributed by atoms with van der Waals surface area (Å²) in [4.78, 5) is 11.3. The molecule has 0 aromatic heterocycles. The van der Waals surface area contributed by atoms with Gasteiger partial charge in [0.2, 0.25) is 0 Å². The van der Waals surface area contributed by atoms with E-state index in [-0.39, 0.29) is 6.54 Å². The molecule has 0 aliphatic rings. The second-order valence-corrected chi connectivity index (χ2v) is 5.02. The van der Waals surface area contributed by atoms with E-state index in [9.17, 15) is 4.79 Å². The van der Waals surface area contributed by atoms with Crippen LogP contribution in [-0.2, 0) is 4.74 Å². The Morgan fingerprint density at radius 3 is 2.25 bits per heavy atom. The van der Waals surface area contributed by atoms with E-state index < -0.39 is 11.7 Å². The highest BCUT2D eigenvalue weighted by Crippen LogP contribution is 2.06. The van der Waals surface area contributed by atoms with Gasteiger partial charge in [0.05, 0.1) is 6.54 Å². The highest BCUT2D eigenvalue weighted by atomic mass is 16.6. The zero-order valence-electron chi connectivity index (χ0n) is 13.3. The Bertz CT molecular complexity index is 458. The number of carbonyl (C=O) groups excluding carboxylic acids is 1. The van der Waals surface area contributed by atoms with Crippen LogP contribution in [0.3, 0.4) is 0 Å². The third kappa shape index (κ3) is 9.04. The lowest BCUT2D eigenvalue weighted by Gasteiger charge is -2.18. The van der Waals surface area contributed by atoms with Crippen molar-refractivity contribution in [3.05, 3.63) is 35.4 Å². The molecule has 0 saturated heterocycles. The van der Waals surface area contributed by atoms with Crippen molar-refractivity contribution in [3.63, 3.8) is 0 Å². The van der Waals surface area contributed by atoms with Gasteiger partial charge in [0.1, 0.15) is 5.60 Å². The Morgan fingerprint density at radius 2 is 1.75 bits per heavy atom. The fourth-order valence-electron chi connectivity index (χ4n) is 1.21. The van der Waals surface area contributed by atoms with Crippen LogP contribution in [0.5, 0.6) is 0 Å². The van der Waals surface area contributed by atoms with Crippen LogP contribution in [0.15, 0.2) is 24.3 Å². The van der Waals surface area contributed by atoms with E-state index in [1.54, 1.807) is 0 Å². The number of amides is 1. The predicted molar refractivity (Wildman–Crippen MR) is 83.6 cm³/mol. The zero-order chi connectivity index (χ0) is 15.6. The monoisotopic (exact) mass is 275 g/mol. The summed E-state index contributed by atoms with van der Waals surface area (Å²) < 4.78 is 5.09. The summed E-state index contributed by atoms with van der Waals surface area (Å²) in [5, 5.41) is 2.59. The number of hydrogen-bond donors (Lipinski definition) is 1. The minimum Gasteiger partial charge on any atom is -0.444 e. The van der Waals surface area contributed by atoms with Gasteiger partial charge in [-0.15, -0.1) is 0 Å². The second kappa shape index (κ2) is 9.03. The van der Waals surface area contributed by atoms with E-state index in [4.69, 9.17) is 4.74 Å². The first-order valence-electron chi connectivity index (χ1n) is 6.89. The summed E-state index contributed by atoms with van der Waals surface area (Å²) in [7, 11) is 0. The maximum Gasteiger partial charge on any atom is 0.408 e. The van der Waals surface area contributed by atoms with E-state index in [1.165, 1.54) is 5.56 Å². The maximum absolute atomic E-state index is 11.3. The Hall–Kier alpha value is -1.95. The number of aryl methyl sites for hydroxylation is 1. The van der Waals surface area contributed by atoms with E-state index in [2.05, 4.69) is 17.2 Å². The summed E-state index contributed by atoms with van der Waals surface area (Å²) >= 11 is 0. The standard InChI is InChI=1S/C15H19NO2.C2H6/c1-12-7-9-13(10-8-12)6-5-11-16-14(17)18-15(2,3)4;1-2/h7-10H,11H2,1-4H3,(H,16,17);1-2H3. The van der Waals surface area contributed by atoms with Crippen LogP contribution >= 0.6 is 0 Å². The van der Waals surface area contributed by atoms with Crippen molar-refractivity contribution in [2.75, 3.05) is 6.54 Å². The Morgan fingerprint density at radius 1 is 1.20 bits per heavy atom. The molecule has 3 heteroatoms. The van der Waals surface area contributed by atoms with Gasteiger partial charge in [-0.1, -0.05) is 43.4 Å². The van der Waals surface area contributed by atoms with Gasteiger partial charge in [0, 0.05) is 5.56 Å². The molecule has 20 heavy (non-hydrogen) atoms. The smallest absolute Gasteiger partial charge is 0.408 e. The normalized spacial score (nSPS) is 9.50. The molecule has 1 amide bonds. The maximum atomic E-state index is 11.3. The summed E-state index contributed by atoms with van der Waals surface area (Å²) in [6, 6.07) is 7.92. The molecule has 0 aliphatic heterocycles. The van der Waals surface area contributed by atoms with Crippen LogP contribution in [0.1, 0.15) is 45.7 Å². The first-order valence-corrected chi connectivity index (χ1v) is 6.89. The molecule has 0 atom stereocenters. The summed E-state index contributed by atoms with van der Waals surface area (Å²) in [6.07, 6.45) is -0.444. The van der Waals surface area contributed by atoms with Crippen molar-refractivity contribution in [1.29, 1.82) is 0 Å². The highest BCUT2D eigenvalue weighted by Gasteiger charge is 2.14. The average molecular weight is 275 g/mol. The molecule has 0 fully saturated rings. The fourth-order valence-corrected chi connectivity index (χ4v) is 1.21. The van der Waals surface area contributed by atoms with Crippen molar-refractivity contribution in [2.45, 2.75) is 47.1 Å². The SMILES string of the molecule is CC.Cc1ccc(C#CCNC(=O)OC(C)(C)C)cc1. The van der Waals surface area contributed by atoms with Crippen LogP contribution in [-0.4, -0.2) is 18.2 Å². The first kappa shape index (κ1) is 18.0. The number of alkyl carbamates (subject to hydrolysis) is 1. The van der Waals surface area contributed by atoms with Gasteiger partial charge >= 0.3 is 6.09 Å². The molecule has 1 rings (SSSR count). The van der Waals surface area contributed by atoms with Crippen LogP contribution in [0.25, 0.3) is 0 Å². The molecule has 0 bridgehead atoms. The van der Waals surface area contributed by atoms with Crippen LogP contribution in [0.2, 0.25) is 0 Å². The van der Waals surface area contributed by atoms with Crippen LogP contribution in [0, 0.1) is 18.8 Å². The molecule has 0 heterocycles. The van der Waals surface area contributed by atoms with Crippen molar-refractivity contribution < 1.29 is 9.53 Å². The van der Waals surface area contributed by atoms with E-state index in [0.29, 0.717) is 0 Å². The van der Waals surface area contributed by atoms with E-state index in [0.717, 1.165) is 5.56 Å². The lowest BCUT2D eigenvalue weighted by Crippen LogP contribution is -2.32. The third-order valence-corrected chi connectivity index (χ3v) is 2.00. The minimum absolute atomic E-state index is 0.281. The Kier molecular flexibility index (Phi) is 8.15. The van der Waals surface area contributed by atoms with Crippen LogP contribution < -0.4 is 5.32 Å². The topological polar surface area (TPSA) is 38.3 Å². The Labute approximate surface area is 122 Å². The lowest BCUT2D eigenvalue weighted by atomic mass is 10.2. The molecule has 0 spiro atoms. The second-order valence-electron chi connectivity index (χ2n) is 5.02. The Balaban J connectivity index is 0.00000172. The molecule has 1 aromatic rings. The van der Waals surface area contributed by atoms with Gasteiger partial charge < -0.3 is 10.1 Å². The molecule has 1 aromatic carbocycles. The van der Waals surface area contributed by atoms with Crippen molar-refractivity contribution in [3.8, 4) is 11.8 Å². The van der Waals surface area contributed by atoms with Crippen molar-refractivity contribution in [1.82, 2.24) is 5.32 Å². The van der Waals surface area contributed by atoms with Crippen molar-refractivity contribution in [2.24, 2.45) is 0 Å². The van der Waals surface area contributed by atoms with Gasteiger partial charge in [-0.2, -0.15) is 0 Å². The summed E-state index contributed by atoms with van der Waals surface area (Å²) in [5.41, 5.74) is 1.66. The summed E-state index contributed by atoms with van der Waals surface area (Å²) in [6.45, 7) is 11.8. The molecule has 0 aliphatic carbocycles. The first-order chi connectivity index (χ1) is 9.37. The van der Waals surface area contributed by atoms with E-state index >= 15 is 0 Å². The fraction of sp³-hybridized carbons (Fsp3) is 0.471. The predicted octanol–water partition coefficient (Wildman–Crippen LogP) is 3.90. The van der Waals surface area contributed by atoms with Gasteiger partial charge in [-0.05, 0) is 39.8 Å². The molecule has 110 valence electrons. The van der Waals surface area contributed by atoms with Gasteiger partial charge in [-0.3, -0.25) is 0 Å². The number of benzene rings is 1. The number of nitrogens with one attached hydrogen (secondary N) is 1. The van der Waals surface area contributed by atoms with Gasteiger partial charge in [0.15, 0.2) is 0 Å². The number of ether oxygens (including phenoxy) is 1. The number of rotatable bonds is 1. The molecule has 0 unspecified atom stereocenters. The molecule has 3 nitrogen and oxygen atoms in total. The van der Waals surface area contributed by atoms with Crippen LogP contribution in [0.4, 0.5) is 4.79 Å². The minimum atomic E-state index is -0.478. The lowest BCUT2D eigenvalue weighted by molar-refractivity contribution is 0.0535. The summed E-state index contributed by atoms with van der Waals surface area (Å²) in [5.74, 6) is 5.85. The zero-order valence-corrected chi connectivity index (χ0v) is 13.3. The highest BCUT2D eigenvalue weighted by molar-refractivity contribution is 5.68. The molecular weight excluding hydrogens is 250 g/mol. The quantitative estimate of drug-likeness (QED) is 0.789. The molecule has 0 radical (unpaired) electrons. The number of carbonyl (C=O) groups is 1. The molecule has 1 N–H and O–H groups in total. The molecule has 0 saturated carbocycles. The van der Waals surface area contributed by atoms with Gasteiger partial charge in [0.25, 0.3) is 0 Å². The van der Waals surface area contributed by atoms with Gasteiger partial charge in [-0.25, -0.2) is 4.79 Å². The van der Waals surface area contributed by atoms with E-state index in [1.807, 2.05) is 65.8 Å². The largest absolute Gasteiger partial charge is 0.444 e. The third-order valence-electron chi connectivity index (χ3n) is 2.00.